The van der Waals surface area contributed by atoms with Gasteiger partial charge in [-0.25, -0.2) is 0 Å². The summed E-state index contributed by atoms with van der Waals surface area (Å²) < 4.78 is 0. The Morgan fingerprint density at radius 3 is 2.90 bits per heavy atom. The highest BCUT2D eigenvalue weighted by Gasteiger charge is 2.17. The first-order valence-electron chi connectivity index (χ1n) is 8.35. The lowest BCUT2D eigenvalue weighted by atomic mass is 9.97. The normalized spacial score (nSPS) is 15.8. The van der Waals surface area contributed by atoms with Gasteiger partial charge in [-0.05, 0) is 56.3 Å². The van der Waals surface area contributed by atoms with Gasteiger partial charge >= 0.3 is 0 Å². The number of anilines is 1. The van der Waals surface area contributed by atoms with E-state index in [-0.39, 0.29) is 0 Å². The third-order valence-electron chi connectivity index (χ3n) is 4.58. The molecule has 2 nitrogen and oxygen atoms in total. The second-order valence-electron chi connectivity index (χ2n) is 6.05. The molecule has 2 rings (SSSR count). The summed E-state index contributed by atoms with van der Waals surface area (Å²) in [4.78, 5) is 2.66. The Balaban J connectivity index is 2.13. The highest BCUT2D eigenvalue weighted by molar-refractivity contribution is 5.56. The lowest BCUT2D eigenvalue weighted by molar-refractivity contribution is 0.191. The van der Waals surface area contributed by atoms with Gasteiger partial charge in [-0.1, -0.05) is 32.4 Å². The maximum absolute atomic E-state index is 3.54. The van der Waals surface area contributed by atoms with Gasteiger partial charge in [0, 0.05) is 24.8 Å². The van der Waals surface area contributed by atoms with Gasteiger partial charge in [-0.3, -0.25) is 4.90 Å². The van der Waals surface area contributed by atoms with Crippen LogP contribution in [-0.4, -0.2) is 24.0 Å². The zero-order chi connectivity index (χ0) is 14.4. The number of nitrogens with one attached hydrogen (secondary N) is 1. The molecule has 1 aliphatic heterocycles. The van der Waals surface area contributed by atoms with Gasteiger partial charge in [-0.15, -0.1) is 0 Å². The molecule has 0 saturated carbocycles. The largest absolute Gasteiger partial charge is 0.385 e. The molecule has 0 saturated heterocycles. The van der Waals surface area contributed by atoms with Crippen molar-refractivity contribution in [1.29, 1.82) is 0 Å². The topological polar surface area (TPSA) is 15.3 Å². The van der Waals surface area contributed by atoms with Gasteiger partial charge in [-0.2, -0.15) is 0 Å². The molecular weight excluding hydrogens is 244 g/mol. The lowest BCUT2D eigenvalue weighted by Crippen LogP contribution is -2.33. The summed E-state index contributed by atoms with van der Waals surface area (Å²) in [6.07, 6.45) is 6.32. The van der Waals surface area contributed by atoms with Crippen molar-refractivity contribution < 1.29 is 0 Å². The van der Waals surface area contributed by atoms with E-state index < -0.39 is 0 Å². The Hall–Kier alpha value is -1.02. The van der Waals surface area contributed by atoms with E-state index in [1.807, 2.05) is 0 Å². The van der Waals surface area contributed by atoms with Crippen LogP contribution in [0.2, 0.25) is 0 Å². The minimum Gasteiger partial charge on any atom is -0.385 e. The van der Waals surface area contributed by atoms with Crippen molar-refractivity contribution in [2.75, 3.05) is 18.4 Å². The van der Waals surface area contributed by atoms with Crippen molar-refractivity contribution in [2.24, 2.45) is 0 Å². The monoisotopic (exact) mass is 274 g/mol. The average Bonchev–Trinajstić information content (AvgIpc) is 2.50. The SMILES string of the molecule is CCCCN(Cc1cccc2c1CCCN2)C(C)CC. The molecule has 20 heavy (non-hydrogen) atoms. The quantitative estimate of drug-likeness (QED) is 0.790. The Morgan fingerprint density at radius 1 is 1.30 bits per heavy atom. The number of fused-ring (bicyclic) bond motifs is 1. The number of hydrogen-bond acceptors (Lipinski definition) is 2. The van der Waals surface area contributed by atoms with E-state index in [0.29, 0.717) is 6.04 Å². The first kappa shape index (κ1) is 15.4. The van der Waals surface area contributed by atoms with Gasteiger partial charge in [0.2, 0.25) is 0 Å². The zero-order valence-corrected chi connectivity index (χ0v) is 13.4. The molecule has 1 aromatic carbocycles. The molecule has 112 valence electrons. The van der Waals surface area contributed by atoms with Crippen molar-refractivity contribution in [2.45, 2.75) is 65.5 Å². The van der Waals surface area contributed by atoms with Gasteiger partial charge in [0.1, 0.15) is 0 Å². The van der Waals surface area contributed by atoms with Crippen LogP contribution >= 0.6 is 0 Å². The van der Waals surface area contributed by atoms with E-state index in [2.05, 4.69) is 49.2 Å². The highest BCUT2D eigenvalue weighted by atomic mass is 15.1. The molecule has 0 spiro atoms. The van der Waals surface area contributed by atoms with Crippen LogP contribution in [0.25, 0.3) is 0 Å². The molecule has 0 fully saturated rings. The summed E-state index contributed by atoms with van der Waals surface area (Å²) in [5, 5.41) is 3.54. The van der Waals surface area contributed by atoms with E-state index in [4.69, 9.17) is 0 Å². The minimum atomic E-state index is 0.675. The van der Waals surface area contributed by atoms with Crippen LogP contribution < -0.4 is 5.32 Å². The van der Waals surface area contributed by atoms with E-state index >= 15 is 0 Å². The number of hydrogen-bond donors (Lipinski definition) is 1. The average molecular weight is 274 g/mol. The summed E-state index contributed by atoms with van der Waals surface area (Å²) in [5.74, 6) is 0. The van der Waals surface area contributed by atoms with E-state index in [1.165, 1.54) is 49.9 Å². The summed E-state index contributed by atoms with van der Waals surface area (Å²) in [6, 6.07) is 7.44. The molecule has 0 aromatic heterocycles. The fourth-order valence-corrected chi connectivity index (χ4v) is 3.03. The van der Waals surface area contributed by atoms with Crippen LogP contribution in [0.4, 0.5) is 5.69 Å². The molecule has 0 radical (unpaired) electrons. The van der Waals surface area contributed by atoms with Crippen molar-refractivity contribution in [3.63, 3.8) is 0 Å². The zero-order valence-electron chi connectivity index (χ0n) is 13.4. The fourth-order valence-electron chi connectivity index (χ4n) is 3.03. The van der Waals surface area contributed by atoms with Crippen molar-refractivity contribution in [1.82, 2.24) is 4.90 Å². The summed E-state index contributed by atoms with van der Waals surface area (Å²) >= 11 is 0. The predicted octanol–water partition coefficient (Wildman–Crippen LogP) is 4.45. The molecule has 1 aliphatic rings. The highest BCUT2D eigenvalue weighted by Crippen LogP contribution is 2.27. The first-order chi connectivity index (χ1) is 9.76. The van der Waals surface area contributed by atoms with Crippen molar-refractivity contribution in [3.8, 4) is 0 Å². The van der Waals surface area contributed by atoms with Gasteiger partial charge in [0.15, 0.2) is 0 Å². The van der Waals surface area contributed by atoms with Gasteiger partial charge in [0.05, 0.1) is 0 Å². The molecule has 0 aliphatic carbocycles. The molecule has 1 heterocycles. The van der Waals surface area contributed by atoms with Crippen LogP contribution in [0.3, 0.4) is 0 Å². The van der Waals surface area contributed by atoms with Crippen LogP contribution in [-0.2, 0) is 13.0 Å². The number of rotatable bonds is 7. The maximum Gasteiger partial charge on any atom is 0.0375 e. The van der Waals surface area contributed by atoms with E-state index in [0.717, 1.165) is 13.1 Å². The molecule has 1 unspecified atom stereocenters. The van der Waals surface area contributed by atoms with Gasteiger partial charge in [0.25, 0.3) is 0 Å². The summed E-state index contributed by atoms with van der Waals surface area (Å²) in [7, 11) is 0. The van der Waals surface area contributed by atoms with Crippen LogP contribution in [0.5, 0.6) is 0 Å². The van der Waals surface area contributed by atoms with Crippen LogP contribution in [0.15, 0.2) is 18.2 Å². The third-order valence-corrected chi connectivity index (χ3v) is 4.58. The maximum atomic E-state index is 3.54. The minimum absolute atomic E-state index is 0.675. The molecule has 1 N–H and O–H groups in total. The summed E-state index contributed by atoms with van der Waals surface area (Å²) in [6.45, 7) is 10.4. The van der Waals surface area contributed by atoms with Crippen LogP contribution in [0.1, 0.15) is 57.6 Å². The lowest BCUT2D eigenvalue weighted by Gasteiger charge is -2.30. The van der Waals surface area contributed by atoms with E-state index in [1.54, 1.807) is 5.56 Å². The molecule has 0 amide bonds. The third kappa shape index (κ3) is 3.76. The Morgan fingerprint density at radius 2 is 2.15 bits per heavy atom. The number of nitrogens with zero attached hydrogens (tertiary/aromatic N) is 1. The van der Waals surface area contributed by atoms with Crippen molar-refractivity contribution in [3.05, 3.63) is 29.3 Å². The second kappa shape index (κ2) is 7.68. The Bertz CT molecular complexity index is 414. The summed E-state index contributed by atoms with van der Waals surface area (Å²) in [5.41, 5.74) is 4.46. The fraction of sp³-hybridized carbons (Fsp3) is 0.667. The van der Waals surface area contributed by atoms with Crippen molar-refractivity contribution >= 4 is 5.69 Å². The van der Waals surface area contributed by atoms with Crippen LogP contribution in [0, 0.1) is 0 Å². The Kier molecular flexibility index (Phi) is 5.90. The molecule has 1 atom stereocenters. The van der Waals surface area contributed by atoms with E-state index in [9.17, 15) is 0 Å². The molecule has 2 heteroatoms. The smallest absolute Gasteiger partial charge is 0.0375 e. The molecule has 1 aromatic rings. The second-order valence-corrected chi connectivity index (χ2v) is 6.05. The standard InChI is InChI=1S/C18H30N2/c1-4-6-13-20(15(3)5-2)14-16-9-7-11-18-17(16)10-8-12-19-18/h7,9,11,15,19H,4-6,8,10,12-14H2,1-3H3. The first-order valence-corrected chi connectivity index (χ1v) is 8.35. The number of benzene rings is 1. The van der Waals surface area contributed by atoms with Gasteiger partial charge < -0.3 is 5.32 Å². The molecular formula is C18H30N2. The Labute approximate surface area is 124 Å². The molecule has 0 bridgehead atoms. The number of unbranched alkanes of at least 4 members (excludes halogenated alkanes) is 1. The predicted molar refractivity (Wildman–Crippen MR) is 88.3 cm³/mol.